The lowest BCUT2D eigenvalue weighted by Gasteiger charge is -2.13. The van der Waals surface area contributed by atoms with E-state index in [1.54, 1.807) is 35.9 Å². The summed E-state index contributed by atoms with van der Waals surface area (Å²) in [5, 5.41) is 23.9. The minimum atomic E-state index is -0.452. The zero-order chi connectivity index (χ0) is 19.4. The van der Waals surface area contributed by atoms with Crippen molar-refractivity contribution in [3.8, 4) is 11.8 Å². The Kier molecular flexibility index (Phi) is 5.52. The molecule has 136 valence electrons. The van der Waals surface area contributed by atoms with Gasteiger partial charge < -0.3 is 5.32 Å². The van der Waals surface area contributed by atoms with E-state index in [0.29, 0.717) is 16.4 Å². The number of hydrogen-bond acceptors (Lipinski definition) is 6. The molecule has 0 spiro atoms. The first-order chi connectivity index (χ1) is 13.0. The highest BCUT2D eigenvalue weighted by molar-refractivity contribution is 8.00. The maximum absolute atomic E-state index is 12.6. The van der Waals surface area contributed by atoms with Crippen molar-refractivity contribution < 1.29 is 4.79 Å². The topological polar surface area (TPSA) is 96.5 Å². The van der Waals surface area contributed by atoms with E-state index >= 15 is 0 Å². The van der Waals surface area contributed by atoms with Gasteiger partial charge in [0.05, 0.1) is 22.2 Å². The van der Waals surface area contributed by atoms with E-state index in [1.807, 2.05) is 32.0 Å². The molecule has 0 bridgehead atoms. The number of carbonyl (C=O) groups is 1. The number of tetrazole rings is 1. The average Bonchev–Trinajstić information content (AvgIpc) is 3.12. The summed E-state index contributed by atoms with van der Waals surface area (Å²) in [6.07, 6.45) is 0. The Morgan fingerprint density at radius 3 is 2.81 bits per heavy atom. The van der Waals surface area contributed by atoms with Crippen LogP contribution in [0.4, 0.5) is 5.69 Å². The second-order valence-electron chi connectivity index (χ2n) is 6.07. The van der Waals surface area contributed by atoms with Gasteiger partial charge in [-0.25, -0.2) is 0 Å². The number of nitriles is 1. The molecule has 0 aliphatic heterocycles. The van der Waals surface area contributed by atoms with E-state index < -0.39 is 5.25 Å². The minimum Gasteiger partial charge on any atom is -0.324 e. The first-order valence-corrected chi connectivity index (χ1v) is 9.20. The van der Waals surface area contributed by atoms with Crippen molar-refractivity contribution in [3.05, 3.63) is 59.2 Å². The second-order valence-corrected chi connectivity index (χ2v) is 7.38. The molecule has 0 unspecified atom stereocenters. The Bertz CT molecular complexity index is 1020. The van der Waals surface area contributed by atoms with Crippen molar-refractivity contribution in [1.29, 1.82) is 5.26 Å². The number of rotatable bonds is 5. The molecule has 1 heterocycles. The number of amides is 1. The standard InChI is InChI=1S/C19H18N6OS/c1-12-8-9-13(2)17(10-12)25-19(22-23-24-25)27-14(3)18(26)21-16-7-5-4-6-15(16)11-20/h4-10,14H,1-3H3,(H,21,26)/t14-/m1/s1. The first kappa shape index (κ1) is 18.6. The molecular weight excluding hydrogens is 360 g/mol. The number of aryl methyl sites for hydroxylation is 2. The predicted molar refractivity (Wildman–Crippen MR) is 104 cm³/mol. The van der Waals surface area contributed by atoms with Gasteiger partial charge in [0.25, 0.3) is 0 Å². The SMILES string of the molecule is Cc1ccc(C)c(-n2nnnc2S[C@H](C)C(=O)Nc2ccccc2C#N)c1. The maximum Gasteiger partial charge on any atom is 0.237 e. The Morgan fingerprint density at radius 2 is 2.04 bits per heavy atom. The number of hydrogen-bond donors (Lipinski definition) is 1. The minimum absolute atomic E-state index is 0.224. The Hall–Kier alpha value is -3.18. The summed E-state index contributed by atoms with van der Waals surface area (Å²) in [6, 6.07) is 15.0. The summed E-state index contributed by atoms with van der Waals surface area (Å²) < 4.78 is 1.64. The normalized spacial score (nSPS) is 11.6. The lowest BCUT2D eigenvalue weighted by molar-refractivity contribution is -0.115. The highest BCUT2D eigenvalue weighted by atomic mass is 32.2. The molecule has 27 heavy (non-hydrogen) atoms. The summed E-state index contributed by atoms with van der Waals surface area (Å²) >= 11 is 1.26. The van der Waals surface area contributed by atoms with Crippen molar-refractivity contribution >= 4 is 23.4 Å². The molecular formula is C19H18N6OS. The molecule has 8 heteroatoms. The van der Waals surface area contributed by atoms with Gasteiger partial charge in [-0.05, 0) is 60.5 Å². The van der Waals surface area contributed by atoms with Crippen molar-refractivity contribution in [3.63, 3.8) is 0 Å². The first-order valence-electron chi connectivity index (χ1n) is 8.32. The number of para-hydroxylation sites is 1. The number of thioether (sulfide) groups is 1. The van der Waals surface area contributed by atoms with Crippen LogP contribution >= 0.6 is 11.8 Å². The van der Waals surface area contributed by atoms with Gasteiger partial charge in [-0.15, -0.1) is 5.10 Å². The van der Waals surface area contributed by atoms with Crippen LogP contribution < -0.4 is 5.32 Å². The zero-order valence-electron chi connectivity index (χ0n) is 15.2. The maximum atomic E-state index is 12.6. The average molecular weight is 378 g/mol. The molecule has 0 aliphatic carbocycles. The fraction of sp³-hybridized carbons (Fsp3) is 0.211. The predicted octanol–water partition coefficient (Wildman–Crippen LogP) is 3.27. The molecule has 1 N–H and O–H groups in total. The van der Waals surface area contributed by atoms with Crippen molar-refractivity contribution in [2.24, 2.45) is 0 Å². The quantitative estimate of drug-likeness (QED) is 0.685. The van der Waals surface area contributed by atoms with Gasteiger partial charge in [-0.2, -0.15) is 9.94 Å². The zero-order valence-corrected chi connectivity index (χ0v) is 16.0. The Balaban J connectivity index is 1.78. The van der Waals surface area contributed by atoms with Gasteiger partial charge in [-0.1, -0.05) is 36.0 Å². The fourth-order valence-electron chi connectivity index (χ4n) is 2.49. The van der Waals surface area contributed by atoms with Crippen molar-refractivity contribution in [2.75, 3.05) is 5.32 Å². The number of nitrogens with zero attached hydrogens (tertiary/aromatic N) is 5. The van der Waals surface area contributed by atoms with Crippen LogP contribution in [0.3, 0.4) is 0 Å². The van der Waals surface area contributed by atoms with E-state index in [4.69, 9.17) is 5.26 Å². The molecule has 2 aromatic carbocycles. The van der Waals surface area contributed by atoms with Crippen LogP contribution in [0.2, 0.25) is 0 Å². The number of aromatic nitrogens is 4. The molecule has 0 radical (unpaired) electrons. The van der Waals surface area contributed by atoms with Gasteiger partial charge in [0.2, 0.25) is 11.1 Å². The van der Waals surface area contributed by atoms with Gasteiger partial charge in [0, 0.05) is 0 Å². The Labute approximate surface area is 161 Å². The molecule has 3 aromatic rings. The fourth-order valence-corrected chi connectivity index (χ4v) is 3.29. The molecule has 0 saturated carbocycles. The molecule has 0 aliphatic rings. The summed E-state index contributed by atoms with van der Waals surface area (Å²) in [5.74, 6) is -0.224. The number of carbonyl (C=O) groups excluding carboxylic acids is 1. The van der Waals surface area contributed by atoms with E-state index in [0.717, 1.165) is 16.8 Å². The third-order valence-corrected chi connectivity index (χ3v) is 5.02. The van der Waals surface area contributed by atoms with Crippen LogP contribution in [-0.2, 0) is 4.79 Å². The van der Waals surface area contributed by atoms with Crippen LogP contribution in [0, 0.1) is 25.2 Å². The van der Waals surface area contributed by atoms with Gasteiger partial charge >= 0.3 is 0 Å². The van der Waals surface area contributed by atoms with Crippen LogP contribution in [0.1, 0.15) is 23.6 Å². The summed E-state index contributed by atoms with van der Waals surface area (Å²) in [5.41, 5.74) is 3.93. The summed E-state index contributed by atoms with van der Waals surface area (Å²) in [4.78, 5) is 12.6. The van der Waals surface area contributed by atoms with Gasteiger partial charge in [-0.3, -0.25) is 4.79 Å². The van der Waals surface area contributed by atoms with Crippen LogP contribution in [0.15, 0.2) is 47.6 Å². The number of benzene rings is 2. The summed E-state index contributed by atoms with van der Waals surface area (Å²) in [6.45, 7) is 5.76. The molecule has 0 saturated heterocycles. The molecule has 7 nitrogen and oxygen atoms in total. The van der Waals surface area contributed by atoms with E-state index in [1.165, 1.54) is 11.8 Å². The monoisotopic (exact) mass is 378 g/mol. The molecule has 1 amide bonds. The second kappa shape index (κ2) is 8.01. The number of nitrogens with one attached hydrogen (secondary N) is 1. The lowest BCUT2D eigenvalue weighted by Crippen LogP contribution is -2.23. The van der Waals surface area contributed by atoms with Crippen LogP contribution in [0.25, 0.3) is 5.69 Å². The highest BCUT2D eigenvalue weighted by Gasteiger charge is 2.20. The van der Waals surface area contributed by atoms with E-state index in [2.05, 4.69) is 26.9 Å². The van der Waals surface area contributed by atoms with Crippen molar-refractivity contribution in [2.45, 2.75) is 31.2 Å². The molecule has 1 aromatic heterocycles. The summed E-state index contributed by atoms with van der Waals surface area (Å²) in [7, 11) is 0. The van der Waals surface area contributed by atoms with Crippen LogP contribution in [0.5, 0.6) is 0 Å². The largest absolute Gasteiger partial charge is 0.324 e. The Morgan fingerprint density at radius 1 is 1.26 bits per heavy atom. The molecule has 3 rings (SSSR count). The smallest absolute Gasteiger partial charge is 0.237 e. The van der Waals surface area contributed by atoms with Gasteiger partial charge in [0.15, 0.2) is 0 Å². The van der Waals surface area contributed by atoms with E-state index in [-0.39, 0.29) is 5.91 Å². The molecule has 1 atom stereocenters. The third kappa shape index (κ3) is 4.15. The van der Waals surface area contributed by atoms with Gasteiger partial charge in [0.1, 0.15) is 6.07 Å². The van der Waals surface area contributed by atoms with Crippen molar-refractivity contribution in [1.82, 2.24) is 20.2 Å². The van der Waals surface area contributed by atoms with Crippen LogP contribution in [-0.4, -0.2) is 31.4 Å². The third-order valence-electron chi connectivity index (χ3n) is 3.99. The highest BCUT2D eigenvalue weighted by Crippen LogP contribution is 2.26. The lowest BCUT2D eigenvalue weighted by atomic mass is 10.1. The number of anilines is 1. The van der Waals surface area contributed by atoms with E-state index in [9.17, 15) is 4.79 Å². The molecule has 0 fully saturated rings.